The molecule has 0 saturated carbocycles. The predicted molar refractivity (Wildman–Crippen MR) is 213 cm³/mol. The maximum absolute atomic E-state index is 2.57. The van der Waals surface area contributed by atoms with E-state index >= 15 is 0 Å². The fourth-order valence-corrected chi connectivity index (χ4v) is 10.1. The number of hydrogen-bond acceptors (Lipinski definition) is 2. The smallest absolute Gasteiger partial charge is 0.252 e. The van der Waals surface area contributed by atoms with Crippen LogP contribution >= 0.6 is 0 Å². The average molecular weight is 643 g/mol. The Kier molecular flexibility index (Phi) is 6.77. The van der Waals surface area contributed by atoms with E-state index in [1.54, 1.807) is 0 Å². The Morgan fingerprint density at radius 2 is 1.09 bits per heavy atom. The average Bonchev–Trinajstić information content (AvgIpc) is 3.04. The van der Waals surface area contributed by atoms with Crippen LogP contribution in [0.3, 0.4) is 0 Å². The van der Waals surface area contributed by atoms with Gasteiger partial charge in [-0.1, -0.05) is 128 Å². The molecule has 6 aromatic carbocycles. The molecular formula is C42H43BN2Si2. The fourth-order valence-electron chi connectivity index (χ4n) is 7.72. The minimum atomic E-state index is -1.59. The van der Waals surface area contributed by atoms with Crippen LogP contribution < -0.4 is 36.6 Å². The monoisotopic (exact) mass is 642 g/mol. The summed E-state index contributed by atoms with van der Waals surface area (Å²) >= 11 is 0. The van der Waals surface area contributed by atoms with Crippen LogP contribution in [-0.2, 0) is 0 Å². The summed E-state index contributed by atoms with van der Waals surface area (Å²) in [7, 11) is -3.03. The van der Waals surface area contributed by atoms with Crippen LogP contribution in [0.5, 0.6) is 0 Å². The minimum absolute atomic E-state index is 0.130. The summed E-state index contributed by atoms with van der Waals surface area (Å²) in [6, 6.07) is 44.5. The highest BCUT2D eigenvalue weighted by Gasteiger charge is 2.44. The van der Waals surface area contributed by atoms with E-state index in [0.29, 0.717) is 0 Å². The molecule has 2 aliphatic heterocycles. The van der Waals surface area contributed by atoms with Gasteiger partial charge in [-0.25, -0.2) is 0 Å². The molecule has 0 aromatic heterocycles. The van der Waals surface area contributed by atoms with E-state index < -0.39 is 16.1 Å². The van der Waals surface area contributed by atoms with Gasteiger partial charge >= 0.3 is 0 Å². The fraction of sp³-hybridized carbons (Fsp3) is 0.190. The Morgan fingerprint density at radius 3 is 1.77 bits per heavy atom. The van der Waals surface area contributed by atoms with Crippen LogP contribution in [-0.4, -0.2) is 22.9 Å². The van der Waals surface area contributed by atoms with Gasteiger partial charge in [0.1, 0.15) is 0 Å². The maximum Gasteiger partial charge on any atom is 0.252 e. The third kappa shape index (κ3) is 4.82. The number of fused-ring (bicyclic) bond motifs is 6. The van der Waals surface area contributed by atoms with E-state index in [2.05, 4.69) is 178 Å². The lowest BCUT2D eigenvalue weighted by Gasteiger charge is -2.45. The Balaban J connectivity index is 1.49. The number of aryl methyl sites for hydroxylation is 2. The van der Waals surface area contributed by atoms with Crippen LogP contribution in [0.4, 0.5) is 34.1 Å². The lowest BCUT2D eigenvalue weighted by molar-refractivity contribution is 1.24. The molecule has 6 aromatic rings. The van der Waals surface area contributed by atoms with Crippen molar-refractivity contribution in [2.45, 2.75) is 53.1 Å². The molecular weight excluding hydrogens is 599 g/mol. The van der Waals surface area contributed by atoms with E-state index in [1.807, 2.05) is 0 Å². The number of anilines is 6. The van der Waals surface area contributed by atoms with Crippen molar-refractivity contribution in [2.24, 2.45) is 0 Å². The highest BCUT2D eigenvalue weighted by molar-refractivity contribution is 7.01. The summed E-state index contributed by atoms with van der Waals surface area (Å²) in [6.07, 6.45) is 0. The van der Waals surface area contributed by atoms with Crippen LogP contribution in [0, 0.1) is 13.8 Å². The molecule has 232 valence electrons. The molecule has 8 rings (SSSR count). The van der Waals surface area contributed by atoms with Gasteiger partial charge in [-0.2, -0.15) is 0 Å². The van der Waals surface area contributed by atoms with Crippen molar-refractivity contribution >= 4 is 94.5 Å². The Bertz CT molecular complexity index is 2190. The minimum Gasteiger partial charge on any atom is -0.311 e. The SMILES string of the molecule is Cc1ccc(N2c3cc(C)cc4c3B(c3cc([Si](C)(C)C)ccc3N4c3ccc([Si](C)(C)C)cc3)c3ccc4ccccc4c32)cc1. The van der Waals surface area contributed by atoms with Gasteiger partial charge in [0.05, 0.1) is 16.1 Å². The van der Waals surface area contributed by atoms with Crippen molar-refractivity contribution in [2.75, 3.05) is 9.80 Å². The van der Waals surface area contributed by atoms with E-state index in [9.17, 15) is 0 Å². The highest BCUT2D eigenvalue weighted by Crippen LogP contribution is 2.46. The van der Waals surface area contributed by atoms with E-state index in [-0.39, 0.29) is 6.71 Å². The molecule has 0 fully saturated rings. The largest absolute Gasteiger partial charge is 0.311 e. The van der Waals surface area contributed by atoms with Crippen molar-refractivity contribution in [1.29, 1.82) is 0 Å². The van der Waals surface area contributed by atoms with Crippen molar-refractivity contribution in [3.8, 4) is 0 Å². The number of hydrogen-bond donors (Lipinski definition) is 0. The first-order chi connectivity index (χ1) is 22.4. The van der Waals surface area contributed by atoms with Gasteiger partial charge in [0.25, 0.3) is 6.71 Å². The lowest BCUT2D eigenvalue weighted by Crippen LogP contribution is -2.62. The van der Waals surface area contributed by atoms with Gasteiger partial charge in [-0.15, -0.1) is 0 Å². The maximum atomic E-state index is 2.57. The van der Waals surface area contributed by atoms with Crippen LogP contribution in [0.1, 0.15) is 11.1 Å². The number of nitrogens with zero attached hydrogens (tertiary/aromatic N) is 2. The topological polar surface area (TPSA) is 6.48 Å². The van der Waals surface area contributed by atoms with Crippen molar-refractivity contribution in [3.05, 3.63) is 126 Å². The summed E-state index contributed by atoms with van der Waals surface area (Å²) in [6.45, 7) is 19.2. The molecule has 0 amide bonds. The molecule has 2 heterocycles. The zero-order valence-electron chi connectivity index (χ0n) is 28.9. The molecule has 0 N–H and O–H groups in total. The molecule has 0 spiro atoms. The second-order valence-corrected chi connectivity index (χ2v) is 25.9. The third-order valence-electron chi connectivity index (χ3n) is 10.2. The zero-order valence-corrected chi connectivity index (χ0v) is 30.9. The lowest BCUT2D eigenvalue weighted by atomic mass is 9.33. The van der Waals surface area contributed by atoms with Gasteiger partial charge < -0.3 is 9.80 Å². The Hall–Kier alpha value is -4.32. The van der Waals surface area contributed by atoms with Gasteiger partial charge in [-0.3, -0.25) is 0 Å². The van der Waals surface area contributed by atoms with Crippen molar-refractivity contribution in [3.63, 3.8) is 0 Å². The first kappa shape index (κ1) is 30.0. The Morgan fingerprint density at radius 1 is 0.489 bits per heavy atom. The summed E-state index contributed by atoms with van der Waals surface area (Å²) in [5.41, 5.74) is 14.3. The first-order valence-electron chi connectivity index (χ1n) is 17.0. The number of benzene rings is 6. The molecule has 0 atom stereocenters. The summed E-state index contributed by atoms with van der Waals surface area (Å²) in [4.78, 5) is 5.11. The van der Waals surface area contributed by atoms with Gasteiger partial charge in [0.2, 0.25) is 0 Å². The highest BCUT2D eigenvalue weighted by atomic mass is 28.3. The summed E-state index contributed by atoms with van der Waals surface area (Å²) in [5.74, 6) is 0. The number of rotatable bonds is 4. The van der Waals surface area contributed by atoms with Crippen LogP contribution in [0.25, 0.3) is 10.8 Å². The zero-order chi connectivity index (χ0) is 32.8. The molecule has 2 nitrogen and oxygen atoms in total. The molecule has 0 radical (unpaired) electrons. The second-order valence-electron chi connectivity index (χ2n) is 15.7. The molecule has 0 saturated heterocycles. The standard InChI is InChI=1S/C42H43BN2Si2/c1-28-13-16-32(17-14-28)45-40-26-29(2)25-39-41(40)43(36-23-15-30-11-9-10-12-35(30)42(36)45)37-27-34(47(6,7)8)22-24-38(37)44(39)31-18-20-33(21-19-31)46(3,4)5/h9-27H,1-8H3. The summed E-state index contributed by atoms with van der Waals surface area (Å²) in [5, 5.41) is 5.57. The van der Waals surface area contributed by atoms with E-state index in [0.717, 1.165) is 0 Å². The molecule has 47 heavy (non-hydrogen) atoms. The molecule has 2 aliphatic rings. The summed E-state index contributed by atoms with van der Waals surface area (Å²) < 4.78 is 0. The normalized spacial score (nSPS) is 13.8. The van der Waals surface area contributed by atoms with Crippen LogP contribution in [0.15, 0.2) is 115 Å². The van der Waals surface area contributed by atoms with E-state index in [4.69, 9.17) is 0 Å². The molecule has 5 heteroatoms. The van der Waals surface area contributed by atoms with Crippen LogP contribution in [0.2, 0.25) is 39.3 Å². The second kappa shape index (κ2) is 10.6. The quantitative estimate of drug-likeness (QED) is 0.177. The van der Waals surface area contributed by atoms with Gasteiger partial charge in [0, 0.05) is 39.5 Å². The van der Waals surface area contributed by atoms with E-state index in [1.165, 1.54) is 82.8 Å². The van der Waals surface area contributed by atoms with Gasteiger partial charge in [-0.05, 0) is 83.7 Å². The molecule has 0 bridgehead atoms. The molecule has 0 unspecified atom stereocenters. The van der Waals surface area contributed by atoms with Crippen molar-refractivity contribution in [1.82, 2.24) is 0 Å². The third-order valence-corrected chi connectivity index (χ3v) is 14.4. The van der Waals surface area contributed by atoms with Gasteiger partial charge in [0.15, 0.2) is 0 Å². The predicted octanol–water partition coefficient (Wildman–Crippen LogP) is 8.63. The first-order valence-corrected chi connectivity index (χ1v) is 24.0. The molecule has 0 aliphatic carbocycles. The van der Waals surface area contributed by atoms with Crippen molar-refractivity contribution < 1.29 is 0 Å². The Labute approximate surface area is 282 Å².